The minimum Gasteiger partial charge on any atom is -1.00 e. The van der Waals surface area contributed by atoms with E-state index < -0.39 is 8.80 Å². The van der Waals surface area contributed by atoms with Crippen LogP contribution in [0, 0.1) is 12.0 Å². The molecule has 0 nitrogen and oxygen atoms in total. The van der Waals surface area contributed by atoms with Crippen LogP contribution in [-0.4, -0.2) is 8.80 Å². The van der Waals surface area contributed by atoms with Gasteiger partial charge in [0.25, 0.3) is 0 Å². The average Bonchev–Trinajstić information content (AvgIpc) is 3.18. The zero-order valence-corrected chi connectivity index (χ0v) is 21.4. The van der Waals surface area contributed by atoms with Gasteiger partial charge in [0, 0.05) is 8.80 Å². The fourth-order valence-electron chi connectivity index (χ4n) is 3.98. The Morgan fingerprint density at radius 1 is 1.07 bits per heavy atom. The van der Waals surface area contributed by atoms with Gasteiger partial charge in [-0.2, -0.15) is 22.9 Å². The summed E-state index contributed by atoms with van der Waals surface area (Å²) in [6, 6.07) is 15.2. The molecule has 0 fully saturated rings. The molecule has 4 rings (SSSR count). The molecule has 0 heterocycles. The van der Waals surface area contributed by atoms with E-state index in [0.717, 1.165) is 6.42 Å². The molecule has 2 aliphatic carbocycles. The van der Waals surface area contributed by atoms with E-state index in [1.54, 1.807) is 5.19 Å². The van der Waals surface area contributed by atoms with Crippen molar-refractivity contribution < 1.29 is 51.0 Å². The Morgan fingerprint density at radius 3 is 2.41 bits per heavy atom. The number of fused-ring (bicyclic) bond motifs is 3. The molecule has 0 N–H and O–H groups in total. The molecule has 0 saturated carbocycles. The number of allylic oxidation sites excluding steroid dienone is 4. The minimum absolute atomic E-state index is 0. The molecule has 27 heavy (non-hydrogen) atoms. The van der Waals surface area contributed by atoms with Crippen LogP contribution in [0.5, 0.6) is 0 Å². The molecule has 0 amide bonds. The third kappa shape index (κ3) is 4.61. The van der Waals surface area contributed by atoms with Crippen molar-refractivity contribution in [3.05, 3.63) is 76.9 Å². The standard InChI is InChI=1S/C23H25Si.2ClH.Zr/c1-15(2)16-9-10-18(11-16)22-13-19-12-17-7-5-6-8-20(17)21(19)14-23(22)24(3)4;;;/h5-11,14-15,18,24H,12H2,1-4H3;2*1H;/q-1;;;+3/p-2. The van der Waals surface area contributed by atoms with Crippen LogP contribution in [0.2, 0.25) is 13.1 Å². The first-order chi connectivity index (χ1) is 11.5. The molecule has 0 spiro atoms. The number of benzene rings is 2. The van der Waals surface area contributed by atoms with Crippen LogP contribution in [0.25, 0.3) is 11.1 Å². The molecule has 2 aromatic rings. The van der Waals surface area contributed by atoms with Gasteiger partial charge in [0.05, 0.1) is 0 Å². The van der Waals surface area contributed by atoms with E-state index in [1.165, 1.54) is 33.4 Å². The molecule has 2 aromatic carbocycles. The minimum atomic E-state index is -0.913. The van der Waals surface area contributed by atoms with Crippen molar-refractivity contribution in [1.82, 2.24) is 0 Å². The van der Waals surface area contributed by atoms with E-state index in [9.17, 15) is 0 Å². The van der Waals surface area contributed by atoms with Crippen molar-refractivity contribution in [3.8, 4) is 11.1 Å². The van der Waals surface area contributed by atoms with E-state index in [4.69, 9.17) is 0 Å². The third-order valence-corrected chi connectivity index (χ3v) is 7.11. The number of hydrogen-bond donors (Lipinski definition) is 0. The van der Waals surface area contributed by atoms with Crippen LogP contribution in [0.15, 0.2) is 54.1 Å². The second kappa shape index (κ2) is 9.88. The Labute approximate surface area is 197 Å². The van der Waals surface area contributed by atoms with E-state index in [1.807, 2.05) is 0 Å². The summed E-state index contributed by atoms with van der Waals surface area (Å²) in [6.07, 6.45) is 8.17. The first-order valence-electron chi connectivity index (χ1n) is 9.11. The SMILES string of the molecule is CC(C)C1=CC(c2[c-]c3c(cc2[SiH](C)C)-c2ccccc2C3)C=C1.[Cl-].[Cl-].[Zr+3]. The van der Waals surface area contributed by atoms with Gasteiger partial charge >= 0.3 is 26.2 Å². The van der Waals surface area contributed by atoms with E-state index >= 15 is 0 Å². The van der Waals surface area contributed by atoms with Crippen LogP contribution in [0.4, 0.5) is 0 Å². The zero-order valence-electron chi connectivity index (χ0n) is 16.3. The van der Waals surface area contributed by atoms with Gasteiger partial charge in [0.15, 0.2) is 0 Å². The number of hydrogen-bond acceptors (Lipinski definition) is 0. The molecule has 0 bridgehead atoms. The molecule has 1 unspecified atom stereocenters. The molecular weight excluding hydrogens is 466 g/mol. The number of rotatable bonds is 3. The maximum Gasteiger partial charge on any atom is 3.00 e. The molecule has 0 aromatic heterocycles. The van der Waals surface area contributed by atoms with Crippen molar-refractivity contribution in [1.29, 1.82) is 0 Å². The van der Waals surface area contributed by atoms with Gasteiger partial charge in [-0.1, -0.05) is 80.6 Å². The van der Waals surface area contributed by atoms with E-state index in [2.05, 4.69) is 81.6 Å². The van der Waals surface area contributed by atoms with Gasteiger partial charge in [-0.05, 0) is 23.8 Å². The van der Waals surface area contributed by atoms with Gasteiger partial charge in [0.1, 0.15) is 0 Å². The van der Waals surface area contributed by atoms with Crippen molar-refractivity contribution in [2.45, 2.75) is 39.3 Å². The van der Waals surface area contributed by atoms with Crippen molar-refractivity contribution in [2.75, 3.05) is 0 Å². The molecule has 4 heteroatoms. The first kappa shape index (κ1) is 24.6. The van der Waals surface area contributed by atoms with Gasteiger partial charge in [-0.15, -0.1) is 11.1 Å². The maximum atomic E-state index is 3.86. The summed E-state index contributed by atoms with van der Waals surface area (Å²) < 4.78 is 0. The fraction of sp³-hybridized carbons (Fsp3) is 0.304. The van der Waals surface area contributed by atoms with Crippen molar-refractivity contribution in [2.24, 2.45) is 5.92 Å². The Morgan fingerprint density at radius 2 is 1.78 bits per heavy atom. The average molecular weight is 492 g/mol. The Hall–Kier alpha value is -0.400. The third-order valence-electron chi connectivity index (χ3n) is 5.39. The van der Waals surface area contributed by atoms with Gasteiger partial charge in [0.2, 0.25) is 0 Å². The fourth-order valence-corrected chi connectivity index (χ4v) is 5.37. The van der Waals surface area contributed by atoms with Gasteiger partial charge in [-0.3, -0.25) is 0 Å². The summed E-state index contributed by atoms with van der Waals surface area (Å²) in [6.45, 7) is 9.43. The zero-order chi connectivity index (χ0) is 16.8. The van der Waals surface area contributed by atoms with Crippen LogP contribution in [0.1, 0.15) is 36.5 Å². The molecular formula is C23H25Cl2SiZr. The topological polar surface area (TPSA) is 0 Å². The molecule has 0 saturated heterocycles. The van der Waals surface area contributed by atoms with Crippen molar-refractivity contribution >= 4 is 14.0 Å². The molecule has 0 aliphatic heterocycles. The van der Waals surface area contributed by atoms with Crippen LogP contribution in [0.3, 0.4) is 0 Å². The molecule has 1 atom stereocenters. The van der Waals surface area contributed by atoms with Gasteiger partial charge in [-0.25, -0.2) is 0 Å². The van der Waals surface area contributed by atoms with Crippen LogP contribution in [-0.2, 0) is 32.6 Å². The summed E-state index contributed by atoms with van der Waals surface area (Å²) in [7, 11) is -0.913. The predicted octanol–water partition coefficient (Wildman–Crippen LogP) is -1.01. The number of halogens is 2. The first-order valence-corrected chi connectivity index (χ1v) is 12.0. The second-order valence-corrected chi connectivity index (χ2v) is 10.7. The Balaban J connectivity index is 0.00000121. The predicted molar refractivity (Wildman–Crippen MR) is 107 cm³/mol. The van der Waals surface area contributed by atoms with E-state index in [-0.39, 0.29) is 51.0 Å². The molecule has 139 valence electrons. The van der Waals surface area contributed by atoms with E-state index in [0.29, 0.717) is 11.8 Å². The second-order valence-electron chi connectivity index (χ2n) is 7.73. The van der Waals surface area contributed by atoms with Crippen molar-refractivity contribution in [3.63, 3.8) is 0 Å². The summed E-state index contributed by atoms with van der Waals surface area (Å²) in [5, 5.41) is 1.58. The smallest absolute Gasteiger partial charge is 1.00 e. The Bertz CT molecular complexity index is 869. The monoisotopic (exact) mass is 489 g/mol. The summed E-state index contributed by atoms with van der Waals surface area (Å²) in [5.41, 5.74) is 8.61. The van der Waals surface area contributed by atoms with Crippen LogP contribution < -0.4 is 30.0 Å². The Kier molecular flexibility index (Phi) is 9.01. The van der Waals surface area contributed by atoms with Gasteiger partial charge < -0.3 is 24.8 Å². The summed E-state index contributed by atoms with van der Waals surface area (Å²) >= 11 is 0. The summed E-state index contributed by atoms with van der Waals surface area (Å²) in [5.74, 6) is 1.02. The summed E-state index contributed by atoms with van der Waals surface area (Å²) in [4.78, 5) is 0. The maximum absolute atomic E-state index is 3.86. The largest absolute Gasteiger partial charge is 3.00 e. The van der Waals surface area contributed by atoms with Crippen LogP contribution >= 0.6 is 0 Å². The molecule has 2 aliphatic rings. The molecule has 1 radical (unpaired) electrons. The normalized spacial score (nSPS) is 16.2. The quantitative estimate of drug-likeness (QED) is 0.326.